The number of rotatable bonds is 0. The number of benzene rings is 4. The summed E-state index contributed by atoms with van der Waals surface area (Å²) in [6, 6.07) is 32.2. The van der Waals surface area contributed by atoms with Crippen molar-refractivity contribution in [3.8, 4) is 45.6 Å². The normalized spacial score (nSPS) is 11.7. The van der Waals surface area contributed by atoms with Crippen LogP contribution in [0.5, 0.6) is 0 Å². The van der Waals surface area contributed by atoms with Crippen LogP contribution in [0.1, 0.15) is 0 Å². The number of hydrogen-bond donors (Lipinski definition) is 2. The third kappa shape index (κ3) is 3.59. The van der Waals surface area contributed by atoms with Crippen LogP contribution in [0.2, 0.25) is 0 Å². The standard InChI is InChI=1S/C32H18N8.Au/c1-2-10-18-17(9-1)25-33-26(18)38-28-21-13-5-6-14-22(21)30(35-28)40-32-24-16-8-7-15-23(24)31(36-32)39-29-20-12-4-3-11-19(20)27(34-29)37-25;/h1-16H,(H2,33,34,35,36,37,38,39,40);/q;+1. The van der Waals surface area contributed by atoms with Gasteiger partial charge in [-0.1, -0.05) is 97.1 Å². The Labute approximate surface area is 248 Å². The zero-order valence-electron chi connectivity index (χ0n) is 21.2. The zero-order valence-corrected chi connectivity index (χ0v) is 23.4. The molecule has 41 heavy (non-hydrogen) atoms. The van der Waals surface area contributed by atoms with Crippen LogP contribution >= 0.6 is 0 Å². The molecule has 0 spiro atoms. The molecule has 0 amide bonds. The van der Waals surface area contributed by atoms with Crippen LogP contribution in [0, 0.1) is 0 Å². The van der Waals surface area contributed by atoms with Crippen LogP contribution in [0.4, 0.5) is 0 Å². The monoisotopic (exact) mass is 711 g/mol. The molecule has 9 heteroatoms. The summed E-state index contributed by atoms with van der Waals surface area (Å²) in [4.78, 5) is 36.8. The number of hydrogen-bond acceptors (Lipinski definition) is 6. The number of nitrogens with one attached hydrogen (secondary N) is 2. The van der Waals surface area contributed by atoms with Gasteiger partial charge in [-0.15, -0.1) is 0 Å². The van der Waals surface area contributed by atoms with Crippen molar-refractivity contribution in [1.29, 1.82) is 0 Å². The van der Waals surface area contributed by atoms with Crippen molar-refractivity contribution in [1.82, 2.24) is 39.9 Å². The number of aromatic nitrogens is 8. The van der Waals surface area contributed by atoms with E-state index in [-0.39, 0.29) is 22.4 Å². The summed E-state index contributed by atoms with van der Waals surface area (Å²) < 4.78 is 0. The van der Waals surface area contributed by atoms with Crippen molar-refractivity contribution in [3.63, 3.8) is 0 Å². The van der Waals surface area contributed by atoms with Crippen molar-refractivity contribution in [2.45, 2.75) is 0 Å². The molecule has 8 bridgehead atoms. The summed E-state index contributed by atoms with van der Waals surface area (Å²) in [7, 11) is 0. The van der Waals surface area contributed by atoms with E-state index >= 15 is 0 Å². The first-order chi connectivity index (χ1) is 19.8. The molecule has 7 aromatic rings. The first-order valence-electron chi connectivity index (χ1n) is 13.0. The van der Waals surface area contributed by atoms with E-state index in [0.29, 0.717) is 45.9 Å². The topological polar surface area (TPSA) is 109 Å². The predicted molar refractivity (Wildman–Crippen MR) is 156 cm³/mol. The SMILES string of the molecule is [Au+].c1ccc2c(c1)-c1nc-2nc2[nH]c(nc3nc(nc4[nH]c(n1)c1ccccc41)-c1ccccc1-3)c1ccccc21. The fraction of sp³-hybridized carbons (Fsp3) is 0. The molecule has 196 valence electrons. The minimum atomic E-state index is 0. The van der Waals surface area contributed by atoms with E-state index in [9.17, 15) is 0 Å². The van der Waals surface area contributed by atoms with Gasteiger partial charge in [0.1, 0.15) is 22.6 Å². The molecule has 0 saturated carbocycles. The Balaban J connectivity index is 0.00000256. The van der Waals surface area contributed by atoms with Gasteiger partial charge in [-0.2, -0.15) is 0 Å². The average molecular weight is 712 g/mol. The minimum Gasteiger partial charge on any atom is -0.324 e. The Morgan fingerprint density at radius 1 is 0.317 bits per heavy atom. The maximum Gasteiger partial charge on any atom is 1.00 e. The van der Waals surface area contributed by atoms with Gasteiger partial charge in [-0.25, -0.2) is 29.9 Å². The number of fused-ring (bicyclic) bond motifs is 20. The second kappa shape index (κ2) is 9.00. The third-order valence-electron chi connectivity index (χ3n) is 7.46. The molecule has 0 atom stereocenters. The van der Waals surface area contributed by atoms with Gasteiger partial charge in [0, 0.05) is 43.8 Å². The molecule has 2 N–H and O–H groups in total. The van der Waals surface area contributed by atoms with Gasteiger partial charge in [-0.05, 0) is 0 Å². The van der Waals surface area contributed by atoms with Gasteiger partial charge >= 0.3 is 22.4 Å². The van der Waals surface area contributed by atoms with Gasteiger partial charge in [0.05, 0.1) is 0 Å². The van der Waals surface area contributed by atoms with Crippen LogP contribution < -0.4 is 0 Å². The number of aromatic amines is 2. The molecule has 0 unspecified atom stereocenters. The Kier molecular flexibility index (Phi) is 5.23. The van der Waals surface area contributed by atoms with Crippen molar-refractivity contribution in [2.24, 2.45) is 0 Å². The average Bonchev–Trinajstić information content (AvgIpc) is 3.73. The number of nitrogens with zero attached hydrogens (tertiary/aromatic N) is 6. The van der Waals surface area contributed by atoms with E-state index in [2.05, 4.69) is 9.97 Å². The molecular formula is C32H18AuN8+. The molecule has 2 aliphatic heterocycles. The van der Waals surface area contributed by atoms with E-state index in [1.54, 1.807) is 0 Å². The van der Waals surface area contributed by atoms with E-state index < -0.39 is 0 Å². The summed E-state index contributed by atoms with van der Waals surface area (Å²) in [5, 5.41) is 3.82. The van der Waals surface area contributed by atoms with Crippen molar-refractivity contribution in [2.75, 3.05) is 0 Å². The maximum atomic E-state index is 5.02. The Morgan fingerprint density at radius 3 is 0.829 bits per heavy atom. The maximum absolute atomic E-state index is 5.02. The molecule has 0 radical (unpaired) electrons. The predicted octanol–water partition coefficient (Wildman–Crippen LogP) is 6.87. The van der Waals surface area contributed by atoms with Crippen molar-refractivity contribution < 1.29 is 22.4 Å². The fourth-order valence-corrected chi connectivity index (χ4v) is 5.59. The van der Waals surface area contributed by atoms with Gasteiger partial charge in [0.25, 0.3) is 0 Å². The molecule has 3 aromatic heterocycles. The van der Waals surface area contributed by atoms with Crippen LogP contribution in [0.3, 0.4) is 0 Å². The molecule has 4 aromatic carbocycles. The molecular weight excluding hydrogens is 693 g/mol. The summed E-state index contributed by atoms with van der Waals surface area (Å²) in [6.07, 6.45) is 0. The van der Waals surface area contributed by atoms with Gasteiger partial charge in [0.2, 0.25) is 0 Å². The molecule has 2 aliphatic rings. The summed E-state index contributed by atoms with van der Waals surface area (Å²) in [5.74, 6) is 2.39. The third-order valence-corrected chi connectivity index (χ3v) is 7.46. The molecule has 0 aliphatic carbocycles. The molecule has 0 saturated heterocycles. The quantitative estimate of drug-likeness (QED) is 0.166. The van der Waals surface area contributed by atoms with E-state index in [0.717, 1.165) is 43.8 Å². The van der Waals surface area contributed by atoms with Crippen molar-refractivity contribution in [3.05, 3.63) is 97.1 Å². The summed E-state index contributed by atoms with van der Waals surface area (Å²) in [6.45, 7) is 0. The van der Waals surface area contributed by atoms with Crippen LogP contribution in [0.25, 0.3) is 89.7 Å². The van der Waals surface area contributed by atoms with E-state index in [1.165, 1.54) is 0 Å². The smallest absolute Gasteiger partial charge is 0.324 e. The molecule has 5 heterocycles. The summed E-state index contributed by atoms with van der Waals surface area (Å²) in [5.41, 5.74) is 6.45. The fourth-order valence-electron chi connectivity index (χ4n) is 5.59. The van der Waals surface area contributed by atoms with Crippen LogP contribution in [0.15, 0.2) is 97.1 Å². The second-order valence-electron chi connectivity index (χ2n) is 9.79. The Morgan fingerprint density at radius 2 is 0.561 bits per heavy atom. The molecule has 9 rings (SSSR count). The number of H-pyrrole nitrogens is 2. The molecule has 0 fully saturated rings. The van der Waals surface area contributed by atoms with Gasteiger partial charge in [0.15, 0.2) is 23.3 Å². The van der Waals surface area contributed by atoms with E-state index in [4.69, 9.17) is 29.9 Å². The van der Waals surface area contributed by atoms with E-state index in [1.807, 2.05) is 97.1 Å². The first-order valence-corrected chi connectivity index (χ1v) is 13.0. The largest absolute Gasteiger partial charge is 1.00 e. The van der Waals surface area contributed by atoms with Crippen molar-refractivity contribution >= 4 is 44.1 Å². The second-order valence-corrected chi connectivity index (χ2v) is 9.79. The van der Waals surface area contributed by atoms with Crippen LogP contribution in [-0.2, 0) is 22.4 Å². The Bertz CT molecular complexity index is 2030. The Hall–Kier alpha value is -5.02. The first kappa shape index (κ1) is 23.8. The van der Waals surface area contributed by atoms with Gasteiger partial charge in [-0.3, -0.25) is 0 Å². The zero-order chi connectivity index (χ0) is 26.2. The molecule has 8 nitrogen and oxygen atoms in total. The van der Waals surface area contributed by atoms with Gasteiger partial charge < -0.3 is 9.97 Å². The van der Waals surface area contributed by atoms with Crippen LogP contribution in [-0.4, -0.2) is 39.9 Å². The summed E-state index contributed by atoms with van der Waals surface area (Å²) >= 11 is 0. The minimum absolute atomic E-state index is 0.